The fraction of sp³-hybridized carbons (Fsp3) is 0.286. The Morgan fingerprint density at radius 3 is 2.55 bits per heavy atom. The van der Waals surface area contributed by atoms with Gasteiger partial charge in [0.15, 0.2) is 12.4 Å². The first-order valence-electron chi connectivity index (χ1n) is 9.39. The maximum absolute atomic E-state index is 14.9. The van der Waals surface area contributed by atoms with Crippen LogP contribution in [0.4, 0.5) is 23.2 Å². The molecule has 10 heteroatoms. The lowest BCUT2D eigenvalue weighted by atomic mass is 10.1. The fourth-order valence-electron chi connectivity index (χ4n) is 2.92. The average Bonchev–Trinajstić information content (AvgIpc) is 3.08. The molecular weight excluding hydrogens is 416 g/mol. The molecule has 6 nitrogen and oxygen atoms in total. The molecule has 0 atom stereocenters. The summed E-state index contributed by atoms with van der Waals surface area (Å²) < 4.78 is 59.4. The van der Waals surface area contributed by atoms with Crippen molar-refractivity contribution in [2.24, 2.45) is 7.05 Å². The first kappa shape index (κ1) is 22.3. The number of nitrogens with zero attached hydrogens (tertiary/aromatic N) is 3. The predicted octanol–water partition coefficient (Wildman–Crippen LogP) is 4.69. The van der Waals surface area contributed by atoms with Gasteiger partial charge in [-0.2, -0.15) is 18.3 Å². The van der Waals surface area contributed by atoms with Crippen molar-refractivity contribution in [2.75, 3.05) is 11.9 Å². The smallest absolute Gasteiger partial charge is 0.422 e. The molecule has 3 aromatic rings. The molecule has 31 heavy (non-hydrogen) atoms. The number of nitrogens with one attached hydrogen (secondary N) is 1. The Balaban J connectivity index is 2.03. The standard InChI is InChI=1S/C21H20F4N4O2/c1-4-18-27-19(28-29(18)3)13-10-17(31-11-21(23,24)25)14(9-15(13)22)20(30)26-16-8-6-5-7-12(16)2/h5-10H,4,11H2,1-3H3,(H,26,30). The molecule has 1 N–H and O–H groups in total. The normalized spacial score (nSPS) is 11.5. The van der Waals surface area contributed by atoms with Crippen molar-refractivity contribution in [2.45, 2.75) is 26.4 Å². The summed E-state index contributed by atoms with van der Waals surface area (Å²) in [5.41, 5.74) is 0.633. The van der Waals surface area contributed by atoms with Crippen LogP contribution >= 0.6 is 0 Å². The van der Waals surface area contributed by atoms with Gasteiger partial charge in [0.1, 0.15) is 17.4 Å². The summed E-state index contributed by atoms with van der Waals surface area (Å²) in [4.78, 5) is 16.9. The number of anilines is 1. The van der Waals surface area contributed by atoms with E-state index < -0.39 is 30.3 Å². The molecule has 0 spiro atoms. The molecule has 0 saturated heterocycles. The van der Waals surface area contributed by atoms with Crippen LogP contribution in [0.25, 0.3) is 11.4 Å². The van der Waals surface area contributed by atoms with Gasteiger partial charge in [0.25, 0.3) is 5.91 Å². The number of halogens is 4. The number of ether oxygens (including phenoxy) is 1. The minimum Gasteiger partial charge on any atom is -0.483 e. The van der Waals surface area contributed by atoms with E-state index in [1.807, 2.05) is 6.92 Å². The van der Waals surface area contributed by atoms with Crippen LogP contribution in [0.3, 0.4) is 0 Å². The van der Waals surface area contributed by atoms with E-state index in [0.29, 0.717) is 17.9 Å². The second kappa shape index (κ2) is 8.75. The third-order valence-electron chi connectivity index (χ3n) is 4.51. The zero-order valence-corrected chi connectivity index (χ0v) is 17.0. The largest absolute Gasteiger partial charge is 0.483 e. The summed E-state index contributed by atoms with van der Waals surface area (Å²) in [6.07, 6.45) is -4.11. The number of rotatable bonds is 6. The number of aromatic nitrogens is 3. The lowest BCUT2D eigenvalue weighted by Crippen LogP contribution is -2.21. The molecule has 0 aliphatic rings. The molecule has 0 saturated carbocycles. The van der Waals surface area contributed by atoms with Crippen LogP contribution in [0, 0.1) is 12.7 Å². The molecule has 1 amide bonds. The summed E-state index contributed by atoms with van der Waals surface area (Å²) in [6.45, 7) is 1.94. The maximum Gasteiger partial charge on any atom is 0.422 e. The van der Waals surface area contributed by atoms with E-state index in [9.17, 15) is 22.4 Å². The van der Waals surface area contributed by atoms with Crippen molar-refractivity contribution in [1.82, 2.24) is 14.8 Å². The highest BCUT2D eigenvalue weighted by Crippen LogP contribution is 2.31. The molecule has 0 aliphatic carbocycles. The molecule has 2 aromatic carbocycles. The zero-order chi connectivity index (χ0) is 22.8. The maximum atomic E-state index is 14.9. The van der Waals surface area contributed by atoms with Crippen LogP contribution in [0.1, 0.15) is 28.7 Å². The van der Waals surface area contributed by atoms with Crippen LogP contribution in [0.5, 0.6) is 5.75 Å². The minimum atomic E-state index is -4.64. The second-order valence-electron chi connectivity index (χ2n) is 6.83. The predicted molar refractivity (Wildman–Crippen MR) is 106 cm³/mol. The lowest BCUT2D eigenvalue weighted by Gasteiger charge is -2.15. The Kier molecular flexibility index (Phi) is 6.28. The van der Waals surface area contributed by atoms with Crippen LogP contribution in [0.2, 0.25) is 0 Å². The number of hydrogen-bond acceptors (Lipinski definition) is 4. The molecule has 3 rings (SSSR count). The summed E-state index contributed by atoms with van der Waals surface area (Å²) in [5, 5.41) is 6.67. The van der Waals surface area contributed by atoms with Gasteiger partial charge in [0, 0.05) is 19.2 Å². The number of amides is 1. The van der Waals surface area contributed by atoms with E-state index in [1.54, 1.807) is 38.2 Å². The highest BCUT2D eigenvalue weighted by Gasteiger charge is 2.30. The minimum absolute atomic E-state index is 0.0143. The third kappa shape index (κ3) is 5.19. The van der Waals surface area contributed by atoms with E-state index in [4.69, 9.17) is 4.74 Å². The van der Waals surface area contributed by atoms with E-state index in [1.165, 1.54) is 4.68 Å². The highest BCUT2D eigenvalue weighted by molar-refractivity contribution is 6.06. The molecule has 0 unspecified atom stereocenters. The molecule has 1 heterocycles. The van der Waals surface area contributed by atoms with Gasteiger partial charge in [-0.1, -0.05) is 25.1 Å². The van der Waals surface area contributed by atoms with Gasteiger partial charge in [0.05, 0.1) is 11.1 Å². The van der Waals surface area contributed by atoms with Crippen molar-refractivity contribution in [3.8, 4) is 17.1 Å². The Labute approximate surface area is 175 Å². The van der Waals surface area contributed by atoms with Crippen LogP contribution in [-0.4, -0.2) is 33.5 Å². The number of aryl methyl sites for hydroxylation is 3. The van der Waals surface area contributed by atoms with Gasteiger partial charge in [-0.25, -0.2) is 9.37 Å². The Hall–Kier alpha value is -3.43. The monoisotopic (exact) mass is 436 g/mol. The van der Waals surface area contributed by atoms with E-state index >= 15 is 0 Å². The number of para-hydroxylation sites is 1. The number of hydrogen-bond donors (Lipinski definition) is 1. The van der Waals surface area contributed by atoms with Crippen molar-refractivity contribution >= 4 is 11.6 Å². The average molecular weight is 436 g/mol. The van der Waals surface area contributed by atoms with Gasteiger partial charge < -0.3 is 10.1 Å². The molecule has 164 valence electrons. The number of carbonyl (C=O) groups excluding carboxylic acids is 1. The summed E-state index contributed by atoms with van der Waals surface area (Å²) in [5.74, 6) is -1.54. The first-order chi connectivity index (χ1) is 14.6. The van der Waals surface area contributed by atoms with Crippen molar-refractivity contribution in [3.63, 3.8) is 0 Å². The number of carbonyl (C=O) groups is 1. The zero-order valence-electron chi connectivity index (χ0n) is 17.0. The molecule has 0 fully saturated rings. The lowest BCUT2D eigenvalue weighted by molar-refractivity contribution is -0.153. The van der Waals surface area contributed by atoms with E-state index in [0.717, 1.165) is 17.7 Å². The Morgan fingerprint density at radius 1 is 1.23 bits per heavy atom. The van der Waals surface area contributed by atoms with Gasteiger partial charge >= 0.3 is 6.18 Å². The molecule has 0 radical (unpaired) electrons. The van der Waals surface area contributed by atoms with E-state index in [2.05, 4.69) is 15.4 Å². The Bertz CT molecular complexity index is 1110. The van der Waals surface area contributed by atoms with Crippen LogP contribution in [0.15, 0.2) is 36.4 Å². The fourth-order valence-corrected chi connectivity index (χ4v) is 2.92. The van der Waals surface area contributed by atoms with Gasteiger partial charge in [-0.05, 0) is 30.7 Å². The van der Waals surface area contributed by atoms with Gasteiger partial charge in [-0.3, -0.25) is 9.48 Å². The van der Waals surface area contributed by atoms with Gasteiger partial charge in [0.2, 0.25) is 0 Å². The highest BCUT2D eigenvalue weighted by atomic mass is 19.4. The molecule has 0 aliphatic heterocycles. The quantitative estimate of drug-likeness (QED) is 0.570. The second-order valence-corrected chi connectivity index (χ2v) is 6.83. The topological polar surface area (TPSA) is 69.0 Å². The first-order valence-corrected chi connectivity index (χ1v) is 9.39. The Morgan fingerprint density at radius 2 is 1.94 bits per heavy atom. The van der Waals surface area contributed by atoms with Crippen molar-refractivity contribution in [3.05, 3.63) is 59.2 Å². The van der Waals surface area contributed by atoms with Gasteiger partial charge in [-0.15, -0.1) is 0 Å². The number of alkyl halides is 3. The van der Waals surface area contributed by atoms with Crippen molar-refractivity contribution in [1.29, 1.82) is 0 Å². The van der Waals surface area contributed by atoms with Crippen molar-refractivity contribution < 1.29 is 27.1 Å². The molecule has 0 bridgehead atoms. The molecule has 1 aromatic heterocycles. The summed E-state index contributed by atoms with van der Waals surface area (Å²) >= 11 is 0. The summed E-state index contributed by atoms with van der Waals surface area (Å²) in [6, 6.07) is 8.67. The van der Waals surface area contributed by atoms with E-state index in [-0.39, 0.29) is 17.0 Å². The SMILES string of the molecule is CCc1nc(-c2cc(OCC(F)(F)F)c(C(=O)Nc3ccccc3C)cc2F)nn1C. The third-order valence-corrected chi connectivity index (χ3v) is 4.51. The van der Waals surface area contributed by atoms with Crippen LogP contribution in [-0.2, 0) is 13.5 Å². The summed E-state index contributed by atoms with van der Waals surface area (Å²) in [7, 11) is 1.62. The number of benzene rings is 2. The van der Waals surface area contributed by atoms with Crippen LogP contribution < -0.4 is 10.1 Å². The molecular formula is C21H20F4N4O2.